The molecule has 1 aromatic rings. The van der Waals surface area contributed by atoms with Gasteiger partial charge in [0.05, 0.1) is 5.75 Å². The van der Waals surface area contributed by atoms with E-state index >= 15 is 0 Å². The molecule has 0 atom stereocenters. The summed E-state index contributed by atoms with van der Waals surface area (Å²) >= 11 is 0. The Morgan fingerprint density at radius 1 is 1.25 bits per heavy atom. The zero-order valence-corrected chi connectivity index (χ0v) is 8.48. The minimum atomic E-state index is -6.57. The van der Waals surface area contributed by atoms with Gasteiger partial charge in [0.15, 0.2) is 0 Å². The highest BCUT2D eigenvalue weighted by molar-refractivity contribution is 8.10. The molecule has 0 bridgehead atoms. The van der Waals surface area contributed by atoms with Gasteiger partial charge in [0.25, 0.3) is 0 Å². The predicted molar refractivity (Wildman–Crippen MR) is 45.3 cm³/mol. The number of alkyl halides is 3. The van der Waals surface area contributed by atoms with E-state index in [2.05, 4.69) is 0 Å². The predicted octanol–water partition coefficient (Wildman–Crippen LogP) is 1.83. The minimum Gasteiger partial charge on any atom is -0.795 e. The molecular formula is C8H6F4O3S-2. The van der Waals surface area contributed by atoms with Crippen LogP contribution in [0.4, 0.5) is 17.6 Å². The summed E-state index contributed by atoms with van der Waals surface area (Å²) in [5.74, 6) is -3.64. The Balaban J connectivity index is 3.23. The number of halogens is 4. The smallest absolute Gasteiger partial charge is 0.396 e. The average Bonchev–Trinajstić information content (AvgIpc) is 1.98. The number of rotatable bonds is 2. The second-order valence-corrected chi connectivity index (χ2v) is 5.83. The number of sulfone groups is 3. The summed E-state index contributed by atoms with van der Waals surface area (Å²) < 4.78 is 81.8. The first-order valence-corrected chi connectivity index (χ1v) is 5.91. The lowest BCUT2D eigenvalue weighted by Gasteiger charge is -2.55. The molecule has 0 fully saturated rings. The Morgan fingerprint density at radius 3 is 2.25 bits per heavy atom. The molecule has 0 aromatic heterocycles. The van der Waals surface area contributed by atoms with E-state index < -0.39 is 32.3 Å². The molecule has 0 heterocycles. The SMILES string of the molecule is O=S([O-])([O-])(CC(F)(F)F)c1cccc(F)c1. The van der Waals surface area contributed by atoms with Crippen LogP contribution in [-0.2, 0) is 9.63 Å². The van der Waals surface area contributed by atoms with Crippen LogP contribution in [0, 0.1) is 5.82 Å². The minimum absolute atomic E-state index is 0.264. The third-order valence-corrected chi connectivity index (χ3v) is 3.65. The van der Waals surface area contributed by atoms with Gasteiger partial charge >= 0.3 is 6.18 Å². The summed E-state index contributed by atoms with van der Waals surface area (Å²) in [6.07, 6.45) is -5.17. The van der Waals surface area contributed by atoms with Crippen molar-refractivity contribution < 1.29 is 30.9 Å². The van der Waals surface area contributed by atoms with E-state index in [0.717, 1.165) is 12.1 Å². The van der Waals surface area contributed by atoms with Gasteiger partial charge in [0.2, 0.25) is 0 Å². The van der Waals surface area contributed by atoms with E-state index in [4.69, 9.17) is 0 Å². The zero-order valence-electron chi connectivity index (χ0n) is 7.66. The van der Waals surface area contributed by atoms with Crippen molar-refractivity contribution in [1.82, 2.24) is 0 Å². The fourth-order valence-electron chi connectivity index (χ4n) is 1.08. The highest BCUT2D eigenvalue weighted by Crippen LogP contribution is 2.34. The Morgan fingerprint density at radius 2 is 1.81 bits per heavy atom. The van der Waals surface area contributed by atoms with Crippen LogP contribution in [0.3, 0.4) is 0 Å². The maximum absolute atomic E-state index is 12.6. The molecule has 0 aliphatic heterocycles. The van der Waals surface area contributed by atoms with Crippen molar-refractivity contribution in [2.24, 2.45) is 0 Å². The van der Waals surface area contributed by atoms with Crippen molar-refractivity contribution in [1.29, 1.82) is 0 Å². The molecule has 0 spiro atoms. The first-order chi connectivity index (χ1) is 6.98. The van der Waals surface area contributed by atoms with E-state index in [1.165, 1.54) is 0 Å². The Bertz CT molecular complexity index is 463. The van der Waals surface area contributed by atoms with E-state index in [1.54, 1.807) is 0 Å². The van der Waals surface area contributed by atoms with Crippen LogP contribution < -0.4 is 0 Å². The van der Waals surface area contributed by atoms with E-state index in [9.17, 15) is 30.9 Å². The molecule has 0 N–H and O–H groups in total. The standard InChI is InChI=1S/C8H8F4O3S/c9-6-2-1-3-7(4-6)16(13,14,15)5-8(10,11)12/h1-4H,5H2,(H2,13,14,15)/p-2. The fourth-order valence-corrected chi connectivity index (χ4v) is 2.49. The van der Waals surface area contributed by atoms with Gasteiger partial charge in [-0.3, -0.25) is 0 Å². The van der Waals surface area contributed by atoms with Crippen LogP contribution in [0.1, 0.15) is 0 Å². The highest BCUT2D eigenvalue weighted by Gasteiger charge is 2.34. The quantitative estimate of drug-likeness (QED) is 0.760. The summed E-state index contributed by atoms with van der Waals surface area (Å²) in [5, 5.41) is 0. The molecule has 0 amide bonds. The first kappa shape index (κ1) is 13.1. The molecular weight excluding hydrogens is 252 g/mol. The molecule has 0 aliphatic rings. The van der Waals surface area contributed by atoms with Gasteiger partial charge in [-0.1, -0.05) is 6.07 Å². The summed E-state index contributed by atoms with van der Waals surface area (Å²) in [6.45, 7) is 0. The highest BCUT2D eigenvalue weighted by atomic mass is 32.3. The van der Waals surface area contributed by atoms with Crippen molar-refractivity contribution in [3.8, 4) is 0 Å². The fraction of sp³-hybridized carbons (Fsp3) is 0.250. The molecule has 0 unspecified atom stereocenters. The third kappa shape index (κ3) is 3.26. The van der Waals surface area contributed by atoms with Gasteiger partial charge in [-0.25, -0.2) is 4.39 Å². The van der Waals surface area contributed by atoms with E-state index in [-0.39, 0.29) is 6.07 Å². The molecule has 0 saturated heterocycles. The normalized spacial score (nSPS) is 15.5. The van der Waals surface area contributed by atoms with Crippen LogP contribution in [0.25, 0.3) is 0 Å². The molecule has 8 heteroatoms. The zero-order chi connectivity index (χ0) is 12.6. The van der Waals surface area contributed by atoms with Crippen LogP contribution in [0.2, 0.25) is 0 Å². The van der Waals surface area contributed by atoms with Crippen molar-refractivity contribution >= 4 is 9.63 Å². The van der Waals surface area contributed by atoms with E-state index in [0.29, 0.717) is 6.07 Å². The monoisotopic (exact) mass is 258 g/mol. The van der Waals surface area contributed by atoms with Crippen molar-refractivity contribution in [2.45, 2.75) is 11.1 Å². The van der Waals surface area contributed by atoms with Gasteiger partial charge < -0.3 is 13.3 Å². The van der Waals surface area contributed by atoms with Gasteiger partial charge in [-0.2, -0.15) is 22.8 Å². The topological polar surface area (TPSA) is 63.2 Å². The second-order valence-electron chi connectivity index (χ2n) is 3.17. The van der Waals surface area contributed by atoms with Gasteiger partial charge in [-0.15, -0.1) is 0 Å². The first-order valence-electron chi connectivity index (χ1n) is 3.92. The Hall–Kier alpha value is -0.990. The van der Waals surface area contributed by atoms with Crippen molar-refractivity contribution in [2.75, 3.05) is 5.75 Å². The Kier molecular flexibility index (Phi) is 2.86. The van der Waals surface area contributed by atoms with Crippen LogP contribution in [0.15, 0.2) is 29.2 Å². The molecule has 1 aromatic carbocycles. The maximum Gasteiger partial charge on any atom is 0.396 e. The molecule has 3 nitrogen and oxygen atoms in total. The summed E-state index contributed by atoms with van der Waals surface area (Å²) in [4.78, 5) is -1.21. The van der Waals surface area contributed by atoms with Gasteiger partial charge in [0.1, 0.15) is 5.82 Å². The second kappa shape index (κ2) is 3.51. The Labute approximate surface area is 88.1 Å². The lowest BCUT2D eigenvalue weighted by Crippen LogP contribution is -2.42. The van der Waals surface area contributed by atoms with Crippen LogP contribution in [0.5, 0.6) is 0 Å². The number of benzene rings is 1. The molecule has 0 radical (unpaired) electrons. The lowest BCUT2D eigenvalue weighted by atomic mass is 10.4. The molecule has 16 heavy (non-hydrogen) atoms. The van der Waals surface area contributed by atoms with Crippen molar-refractivity contribution in [3.05, 3.63) is 30.1 Å². The molecule has 1 rings (SSSR count). The van der Waals surface area contributed by atoms with Crippen LogP contribution in [-0.4, -0.2) is 25.2 Å². The summed E-state index contributed by atoms with van der Waals surface area (Å²) in [7, 11) is -6.57. The van der Waals surface area contributed by atoms with Crippen LogP contribution >= 0.6 is 0 Å². The maximum atomic E-state index is 12.6. The lowest BCUT2D eigenvalue weighted by molar-refractivity contribution is -0.109. The van der Waals surface area contributed by atoms with E-state index in [1.807, 2.05) is 0 Å². The number of hydrogen-bond donors (Lipinski definition) is 0. The largest absolute Gasteiger partial charge is 0.795 e. The molecule has 0 aliphatic carbocycles. The van der Waals surface area contributed by atoms with Crippen molar-refractivity contribution in [3.63, 3.8) is 0 Å². The molecule has 92 valence electrons. The average molecular weight is 258 g/mol. The molecule has 0 saturated carbocycles. The third-order valence-electron chi connectivity index (χ3n) is 1.66. The summed E-state index contributed by atoms with van der Waals surface area (Å²) in [5.41, 5.74) is 0. The number of hydrogen-bond acceptors (Lipinski definition) is 3. The van der Waals surface area contributed by atoms with Gasteiger partial charge in [0, 0.05) is 0 Å². The summed E-state index contributed by atoms with van der Waals surface area (Å²) in [6, 6.07) is 2.56. The van der Waals surface area contributed by atoms with Gasteiger partial charge in [-0.05, 0) is 23.1 Å².